The number of hydrogen-bond donors (Lipinski definition) is 1. The second-order valence-electron chi connectivity index (χ2n) is 3.83. The number of nitrogens with one attached hydrogen (secondary N) is 1. The average molecular weight is 313 g/mol. The minimum Gasteiger partial charge on any atom is -0.430 e. The minimum atomic E-state index is -0.822. The van der Waals surface area contributed by atoms with Gasteiger partial charge in [-0.15, -0.1) is 0 Å². The molecule has 0 unspecified atom stereocenters. The van der Waals surface area contributed by atoms with Crippen molar-refractivity contribution in [2.75, 3.05) is 11.9 Å². The van der Waals surface area contributed by atoms with E-state index in [4.69, 9.17) is 16.3 Å². The van der Waals surface area contributed by atoms with Crippen molar-refractivity contribution in [3.8, 4) is 11.6 Å². The quantitative estimate of drug-likeness (QED) is 0.672. The number of nitro groups is 1. The van der Waals surface area contributed by atoms with Gasteiger partial charge in [0, 0.05) is 6.54 Å². The van der Waals surface area contributed by atoms with Crippen LogP contribution in [0, 0.1) is 15.9 Å². The first-order valence-corrected chi connectivity index (χ1v) is 6.28. The molecular weight excluding hydrogens is 303 g/mol. The monoisotopic (exact) mass is 312 g/mol. The summed E-state index contributed by atoms with van der Waals surface area (Å²) >= 11 is 5.63. The first-order valence-electron chi connectivity index (χ1n) is 5.90. The van der Waals surface area contributed by atoms with Gasteiger partial charge in [0.05, 0.1) is 9.95 Å². The maximum atomic E-state index is 13.8. The third kappa shape index (κ3) is 3.34. The lowest BCUT2D eigenvalue weighted by Crippen LogP contribution is -2.05. The molecule has 1 aromatic heterocycles. The molecule has 0 saturated heterocycles. The summed E-state index contributed by atoms with van der Waals surface area (Å²) in [7, 11) is 0. The highest BCUT2D eigenvalue weighted by atomic mass is 35.5. The maximum absolute atomic E-state index is 13.8. The summed E-state index contributed by atoms with van der Waals surface area (Å²) in [6, 6.07) is 4.08. The summed E-state index contributed by atoms with van der Waals surface area (Å²) in [6.45, 7) is 2.32. The van der Waals surface area contributed by atoms with Crippen LogP contribution in [0.2, 0.25) is 5.02 Å². The van der Waals surface area contributed by atoms with E-state index in [0.717, 1.165) is 6.20 Å². The molecule has 0 radical (unpaired) electrons. The molecule has 0 atom stereocenters. The van der Waals surface area contributed by atoms with E-state index in [1.165, 1.54) is 18.2 Å². The number of nitrogens with zero attached hydrogens (tertiary/aromatic N) is 3. The molecule has 110 valence electrons. The third-order valence-electron chi connectivity index (χ3n) is 2.39. The van der Waals surface area contributed by atoms with Crippen molar-refractivity contribution in [1.82, 2.24) is 9.97 Å². The molecule has 0 fully saturated rings. The number of hydrogen-bond acceptors (Lipinski definition) is 6. The Morgan fingerprint density at radius 3 is 2.95 bits per heavy atom. The number of rotatable bonds is 5. The second-order valence-corrected chi connectivity index (χ2v) is 4.23. The Bertz CT molecular complexity index is 684. The van der Waals surface area contributed by atoms with Gasteiger partial charge in [-0.2, -0.15) is 4.98 Å². The van der Waals surface area contributed by atoms with Crippen LogP contribution in [0.5, 0.6) is 11.6 Å². The van der Waals surface area contributed by atoms with Gasteiger partial charge in [-0.3, -0.25) is 10.1 Å². The lowest BCUT2D eigenvalue weighted by molar-refractivity contribution is -0.386. The summed E-state index contributed by atoms with van der Waals surface area (Å²) in [5.74, 6) is -1.31. The van der Waals surface area contributed by atoms with E-state index in [1.807, 2.05) is 6.92 Å². The van der Waals surface area contributed by atoms with Crippen LogP contribution >= 0.6 is 11.6 Å². The van der Waals surface area contributed by atoms with Gasteiger partial charge in [-0.25, -0.2) is 9.37 Å². The van der Waals surface area contributed by atoms with Gasteiger partial charge in [0.2, 0.25) is 5.95 Å². The first kappa shape index (κ1) is 14.9. The predicted octanol–water partition coefficient (Wildman–Crippen LogP) is 3.40. The SMILES string of the molecule is CCNc1ncc([N+](=O)[O-])c(Oc2cccc(Cl)c2F)n1. The molecule has 0 bridgehead atoms. The molecule has 9 heteroatoms. The fourth-order valence-electron chi connectivity index (χ4n) is 1.47. The second kappa shape index (κ2) is 6.31. The summed E-state index contributed by atoms with van der Waals surface area (Å²) in [4.78, 5) is 17.8. The zero-order valence-corrected chi connectivity index (χ0v) is 11.6. The summed E-state index contributed by atoms with van der Waals surface area (Å²) in [5, 5.41) is 13.6. The van der Waals surface area contributed by atoms with E-state index < -0.39 is 16.4 Å². The molecule has 2 aromatic rings. The summed E-state index contributed by atoms with van der Waals surface area (Å²) in [6.07, 6.45) is 0.989. The van der Waals surface area contributed by atoms with Crippen molar-refractivity contribution in [3.63, 3.8) is 0 Å². The Balaban J connectivity index is 2.43. The van der Waals surface area contributed by atoms with E-state index in [2.05, 4.69) is 15.3 Å². The maximum Gasteiger partial charge on any atom is 0.349 e. The molecule has 21 heavy (non-hydrogen) atoms. The van der Waals surface area contributed by atoms with Crippen molar-refractivity contribution in [2.45, 2.75) is 6.92 Å². The lowest BCUT2D eigenvalue weighted by Gasteiger charge is -2.08. The highest BCUT2D eigenvalue weighted by Gasteiger charge is 2.21. The Hall–Kier alpha value is -2.48. The van der Waals surface area contributed by atoms with E-state index in [-0.39, 0.29) is 22.6 Å². The molecule has 1 N–H and O–H groups in total. The largest absolute Gasteiger partial charge is 0.430 e. The fraction of sp³-hybridized carbons (Fsp3) is 0.167. The van der Waals surface area contributed by atoms with Gasteiger partial charge in [-0.05, 0) is 19.1 Å². The zero-order chi connectivity index (χ0) is 15.4. The highest BCUT2D eigenvalue weighted by Crippen LogP contribution is 2.32. The smallest absolute Gasteiger partial charge is 0.349 e. The molecule has 0 saturated carbocycles. The highest BCUT2D eigenvalue weighted by molar-refractivity contribution is 6.30. The molecule has 0 aliphatic carbocycles. The van der Waals surface area contributed by atoms with Crippen molar-refractivity contribution < 1.29 is 14.1 Å². The number of halogens is 2. The van der Waals surface area contributed by atoms with E-state index in [9.17, 15) is 14.5 Å². The molecule has 2 rings (SSSR count). The Morgan fingerprint density at radius 1 is 1.52 bits per heavy atom. The third-order valence-corrected chi connectivity index (χ3v) is 2.68. The van der Waals surface area contributed by atoms with Crippen LogP contribution in [0.1, 0.15) is 6.92 Å². The van der Waals surface area contributed by atoms with Crippen LogP contribution in [0.15, 0.2) is 24.4 Å². The van der Waals surface area contributed by atoms with Crippen molar-refractivity contribution in [3.05, 3.63) is 45.4 Å². The zero-order valence-electron chi connectivity index (χ0n) is 10.8. The van der Waals surface area contributed by atoms with Crippen LogP contribution in [-0.2, 0) is 0 Å². The van der Waals surface area contributed by atoms with Gasteiger partial charge in [0.25, 0.3) is 0 Å². The van der Waals surface area contributed by atoms with Gasteiger partial charge >= 0.3 is 11.6 Å². The summed E-state index contributed by atoms with van der Waals surface area (Å²) < 4.78 is 19.0. The fourth-order valence-corrected chi connectivity index (χ4v) is 1.64. The topological polar surface area (TPSA) is 90.2 Å². The lowest BCUT2D eigenvalue weighted by atomic mass is 10.3. The van der Waals surface area contributed by atoms with Gasteiger partial charge in [0.1, 0.15) is 6.20 Å². The van der Waals surface area contributed by atoms with E-state index >= 15 is 0 Å². The molecule has 0 aliphatic heterocycles. The van der Waals surface area contributed by atoms with Crippen molar-refractivity contribution >= 4 is 23.2 Å². The van der Waals surface area contributed by atoms with Crippen molar-refractivity contribution in [1.29, 1.82) is 0 Å². The first-order chi connectivity index (χ1) is 10.0. The standard InChI is InChI=1S/C12H10ClFN4O3/c1-2-15-12-16-6-8(18(19)20)11(17-12)21-9-5-3-4-7(13)10(9)14/h3-6H,2H2,1H3,(H,15,16,17). The van der Waals surface area contributed by atoms with Crippen LogP contribution in [-0.4, -0.2) is 21.4 Å². The molecule has 0 spiro atoms. The van der Waals surface area contributed by atoms with Gasteiger partial charge < -0.3 is 10.1 Å². The molecular formula is C12H10ClFN4O3. The molecule has 7 nitrogen and oxygen atoms in total. The van der Waals surface area contributed by atoms with E-state index in [0.29, 0.717) is 6.54 Å². The minimum absolute atomic E-state index is 0.139. The van der Waals surface area contributed by atoms with E-state index in [1.54, 1.807) is 0 Å². The number of anilines is 1. The number of aromatic nitrogens is 2. The molecule has 0 aliphatic rings. The Kier molecular flexibility index (Phi) is 4.49. The predicted molar refractivity (Wildman–Crippen MR) is 74.3 cm³/mol. The number of ether oxygens (including phenoxy) is 1. The van der Waals surface area contributed by atoms with Crippen LogP contribution in [0.25, 0.3) is 0 Å². The van der Waals surface area contributed by atoms with Gasteiger partial charge in [-0.1, -0.05) is 17.7 Å². The molecule has 1 heterocycles. The van der Waals surface area contributed by atoms with Crippen LogP contribution in [0.4, 0.5) is 16.0 Å². The average Bonchev–Trinajstić information content (AvgIpc) is 2.44. The molecule has 0 amide bonds. The molecule has 1 aromatic carbocycles. The Morgan fingerprint density at radius 2 is 2.29 bits per heavy atom. The Labute approximate surface area is 123 Å². The van der Waals surface area contributed by atoms with Crippen LogP contribution < -0.4 is 10.1 Å². The van der Waals surface area contributed by atoms with Crippen molar-refractivity contribution in [2.24, 2.45) is 0 Å². The summed E-state index contributed by atoms with van der Waals surface area (Å²) in [5.41, 5.74) is -0.476. The van der Waals surface area contributed by atoms with Gasteiger partial charge in [0.15, 0.2) is 11.6 Å². The normalized spacial score (nSPS) is 10.2. The number of benzene rings is 1. The van der Waals surface area contributed by atoms with Crippen LogP contribution in [0.3, 0.4) is 0 Å².